The lowest BCUT2D eigenvalue weighted by Gasteiger charge is -2.13. The number of aromatic nitrogens is 8. The van der Waals surface area contributed by atoms with Crippen molar-refractivity contribution in [1.29, 1.82) is 0 Å². The summed E-state index contributed by atoms with van der Waals surface area (Å²) in [5.74, 6) is 0.501. The molecule has 0 aliphatic heterocycles. The smallest absolute Gasteiger partial charge is 0.333 e. The van der Waals surface area contributed by atoms with Crippen molar-refractivity contribution in [2.45, 2.75) is 45.8 Å². The minimum Gasteiger partial charge on any atom is -0.468 e. The molecule has 218 valence electrons. The lowest BCUT2D eigenvalue weighted by atomic mass is 9.98. The van der Waals surface area contributed by atoms with Gasteiger partial charge in [-0.2, -0.15) is 5.21 Å². The number of aromatic amines is 1. The number of benzene rings is 2. The van der Waals surface area contributed by atoms with E-state index in [-0.39, 0.29) is 24.3 Å². The Morgan fingerprint density at radius 2 is 1.74 bits per heavy atom. The lowest BCUT2D eigenvalue weighted by molar-refractivity contribution is -0.141. The number of imidazole rings is 1. The Balaban J connectivity index is 1.60. The SMILES string of the molecule is CCCCc1nc2c(c(=O)n(CC(=O)OC)c(=O)n2CCOC)n1Cc1ccc(-c2ccccc2-c2nn[nH]n2)cc1. The van der Waals surface area contributed by atoms with Crippen molar-refractivity contribution in [3.05, 3.63) is 80.8 Å². The van der Waals surface area contributed by atoms with Gasteiger partial charge in [0.15, 0.2) is 11.2 Å². The topological polar surface area (TPSA) is 152 Å². The van der Waals surface area contributed by atoms with Gasteiger partial charge in [0.25, 0.3) is 5.56 Å². The Morgan fingerprint density at radius 3 is 2.40 bits per heavy atom. The second kappa shape index (κ2) is 12.7. The maximum absolute atomic E-state index is 13.7. The second-order valence-electron chi connectivity index (χ2n) is 9.76. The van der Waals surface area contributed by atoms with Gasteiger partial charge >= 0.3 is 11.7 Å². The number of hydrogen-bond donors (Lipinski definition) is 1. The number of hydrogen-bond acceptors (Lipinski definition) is 9. The summed E-state index contributed by atoms with van der Waals surface area (Å²) < 4.78 is 14.1. The first-order valence-corrected chi connectivity index (χ1v) is 13.7. The minimum atomic E-state index is -0.694. The second-order valence-corrected chi connectivity index (χ2v) is 9.76. The van der Waals surface area contributed by atoms with Gasteiger partial charge in [0.2, 0.25) is 5.82 Å². The van der Waals surface area contributed by atoms with Crippen molar-refractivity contribution in [2.24, 2.45) is 0 Å². The van der Waals surface area contributed by atoms with E-state index >= 15 is 0 Å². The number of tetrazole rings is 1. The Bertz CT molecular complexity index is 1800. The molecule has 0 amide bonds. The van der Waals surface area contributed by atoms with E-state index in [1.807, 2.05) is 53.1 Å². The van der Waals surface area contributed by atoms with Gasteiger partial charge < -0.3 is 14.0 Å². The molecule has 0 radical (unpaired) electrons. The van der Waals surface area contributed by atoms with Crippen molar-refractivity contribution in [3.8, 4) is 22.5 Å². The predicted molar refractivity (Wildman–Crippen MR) is 155 cm³/mol. The van der Waals surface area contributed by atoms with Gasteiger partial charge in [-0.15, -0.1) is 10.2 Å². The third kappa shape index (κ3) is 5.63. The van der Waals surface area contributed by atoms with Crippen molar-refractivity contribution in [3.63, 3.8) is 0 Å². The molecule has 3 aromatic heterocycles. The summed E-state index contributed by atoms with van der Waals surface area (Å²) in [4.78, 5) is 44.0. The number of ether oxygens (including phenoxy) is 2. The molecule has 0 bridgehead atoms. The summed E-state index contributed by atoms with van der Waals surface area (Å²) in [7, 11) is 2.75. The number of aryl methyl sites for hydroxylation is 1. The van der Waals surface area contributed by atoms with E-state index in [4.69, 9.17) is 14.5 Å². The van der Waals surface area contributed by atoms with Crippen LogP contribution in [0.15, 0.2) is 58.1 Å². The van der Waals surface area contributed by atoms with Gasteiger partial charge in [-0.1, -0.05) is 61.9 Å². The highest BCUT2D eigenvalue weighted by atomic mass is 16.5. The van der Waals surface area contributed by atoms with Gasteiger partial charge in [0.1, 0.15) is 12.4 Å². The molecule has 2 aromatic carbocycles. The average Bonchev–Trinajstić information content (AvgIpc) is 3.67. The minimum absolute atomic E-state index is 0.173. The van der Waals surface area contributed by atoms with Crippen LogP contribution in [0.25, 0.3) is 33.7 Å². The molecular weight excluding hydrogens is 540 g/mol. The molecule has 0 aliphatic carbocycles. The van der Waals surface area contributed by atoms with Gasteiger partial charge in [0, 0.05) is 25.6 Å². The summed E-state index contributed by atoms with van der Waals surface area (Å²) in [5, 5.41) is 14.4. The number of methoxy groups -OCH3 is 2. The Hall–Kier alpha value is -4.91. The van der Waals surface area contributed by atoms with E-state index in [2.05, 4.69) is 27.5 Å². The van der Waals surface area contributed by atoms with E-state index < -0.39 is 23.8 Å². The first kappa shape index (κ1) is 28.6. The fourth-order valence-electron chi connectivity index (χ4n) is 4.93. The van der Waals surface area contributed by atoms with Crippen LogP contribution in [0.5, 0.6) is 0 Å². The van der Waals surface area contributed by atoms with Gasteiger partial charge in [-0.05, 0) is 28.3 Å². The molecule has 0 saturated carbocycles. The van der Waals surface area contributed by atoms with Crippen LogP contribution in [0.4, 0.5) is 0 Å². The summed E-state index contributed by atoms with van der Waals surface area (Å²) >= 11 is 0. The average molecular weight is 573 g/mol. The van der Waals surface area contributed by atoms with Crippen LogP contribution in [-0.2, 0) is 40.3 Å². The third-order valence-corrected chi connectivity index (χ3v) is 7.10. The zero-order valence-corrected chi connectivity index (χ0v) is 23.7. The Kier molecular flexibility index (Phi) is 8.67. The number of esters is 1. The number of fused-ring (bicyclic) bond motifs is 1. The number of H-pyrrole nitrogens is 1. The van der Waals surface area contributed by atoms with E-state index in [0.29, 0.717) is 24.6 Å². The van der Waals surface area contributed by atoms with E-state index in [1.54, 1.807) is 0 Å². The van der Waals surface area contributed by atoms with Gasteiger partial charge in [-0.25, -0.2) is 14.3 Å². The largest absolute Gasteiger partial charge is 0.468 e. The fraction of sp³-hybridized carbons (Fsp3) is 0.345. The first-order valence-electron chi connectivity index (χ1n) is 13.7. The predicted octanol–water partition coefficient (Wildman–Crippen LogP) is 2.42. The number of nitrogens with zero attached hydrogens (tertiary/aromatic N) is 7. The van der Waals surface area contributed by atoms with Crippen LogP contribution < -0.4 is 11.2 Å². The first-order chi connectivity index (χ1) is 20.5. The van der Waals surface area contributed by atoms with Crippen molar-refractivity contribution >= 4 is 17.1 Å². The van der Waals surface area contributed by atoms with Gasteiger partial charge in [0.05, 0.1) is 20.3 Å². The molecule has 13 nitrogen and oxygen atoms in total. The van der Waals surface area contributed by atoms with Crippen LogP contribution in [0, 0.1) is 0 Å². The molecule has 0 spiro atoms. The highest BCUT2D eigenvalue weighted by molar-refractivity contribution is 5.80. The number of carbonyl (C=O) groups is 1. The number of rotatable bonds is 12. The maximum atomic E-state index is 13.7. The third-order valence-electron chi connectivity index (χ3n) is 7.10. The van der Waals surface area contributed by atoms with Crippen LogP contribution in [0.3, 0.4) is 0 Å². The molecule has 0 saturated heterocycles. The van der Waals surface area contributed by atoms with Crippen LogP contribution in [0.1, 0.15) is 31.2 Å². The normalized spacial score (nSPS) is 11.3. The Labute approximate surface area is 240 Å². The fourth-order valence-corrected chi connectivity index (χ4v) is 4.93. The quantitative estimate of drug-likeness (QED) is 0.222. The van der Waals surface area contributed by atoms with Crippen molar-refractivity contribution < 1.29 is 14.3 Å². The molecule has 1 N–H and O–H groups in total. The molecule has 3 heterocycles. The molecule has 0 fully saturated rings. The highest BCUT2D eigenvalue weighted by Crippen LogP contribution is 2.30. The molecule has 5 aromatic rings. The van der Waals surface area contributed by atoms with E-state index in [0.717, 1.165) is 39.7 Å². The van der Waals surface area contributed by atoms with Crippen LogP contribution in [0.2, 0.25) is 0 Å². The lowest BCUT2D eigenvalue weighted by Crippen LogP contribution is -2.43. The zero-order chi connectivity index (χ0) is 29.6. The van der Waals surface area contributed by atoms with Gasteiger partial charge in [-0.3, -0.25) is 14.2 Å². The zero-order valence-electron chi connectivity index (χ0n) is 23.7. The summed E-state index contributed by atoms with van der Waals surface area (Å²) in [5.41, 5.74) is 3.01. The van der Waals surface area contributed by atoms with E-state index in [1.165, 1.54) is 18.8 Å². The van der Waals surface area contributed by atoms with Crippen LogP contribution >= 0.6 is 0 Å². The van der Waals surface area contributed by atoms with E-state index in [9.17, 15) is 14.4 Å². The van der Waals surface area contributed by atoms with Crippen molar-refractivity contribution in [2.75, 3.05) is 20.8 Å². The molecule has 0 aliphatic rings. The summed E-state index contributed by atoms with van der Waals surface area (Å²) in [6.07, 6.45) is 2.41. The Morgan fingerprint density at radius 1 is 0.976 bits per heavy atom. The number of nitrogens with one attached hydrogen (secondary N) is 1. The molecule has 0 unspecified atom stereocenters. The molecular formula is C29H32N8O5. The highest BCUT2D eigenvalue weighted by Gasteiger charge is 2.23. The molecule has 13 heteroatoms. The maximum Gasteiger partial charge on any atom is 0.333 e. The monoisotopic (exact) mass is 572 g/mol. The number of carbonyl (C=O) groups excluding carboxylic acids is 1. The van der Waals surface area contributed by atoms with Crippen LogP contribution in [-0.4, -0.2) is 66.1 Å². The number of unbranched alkanes of at least 4 members (excludes halogenated alkanes) is 1. The standard InChI is InChI=1S/C29H32N8O5/c1-4-5-10-23-30-27-25(28(39)37(18-24(38)42-3)29(40)35(27)15-16-41-2)36(23)17-19-11-13-20(14-12-19)21-8-6-7-9-22(21)26-31-33-34-32-26/h6-9,11-14H,4-5,10,15-18H2,1-3H3,(H,31,32,33,34). The molecule has 42 heavy (non-hydrogen) atoms. The van der Waals surface area contributed by atoms with Crippen molar-refractivity contribution in [1.82, 2.24) is 39.3 Å². The molecule has 0 atom stereocenters. The summed E-state index contributed by atoms with van der Waals surface area (Å²) in [6.45, 7) is 2.33. The summed E-state index contributed by atoms with van der Waals surface area (Å²) in [6, 6.07) is 15.8. The molecule has 5 rings (SSSR count).